The van der Waals surface area contributed by atoms with Crippen LogP contribution in [0.3, 0.4) is 0 Å². The summed E-state index contributed by atoms with van der Waals surface area (Å²) in [6.07, 6.45) is 7.13. The second kappa shape index (κ2) is 10.1. The predicted molar refractivity (Wildman–Crippen MR) is 75.4 cm³/mol. The molecule has 0 aliphatic carbocycles. The lowest BCUT2D eigenvalue weighted by Crippen LogP contribution is -2.42. The molecule has 0 saturated carbocycles. The molecule has 3 heteroatoms. The first-order chi connectivity index (χ1) is 8.52. The number of Topliss-reactive ketones (excluding diaryl/α,β-unsaturated/α-hetero) is 1. The summed E-state index contributed by atoms with van der Waals surface area (Å²) in [5, 5.41) is 2.89. The topological polar surface area (TPSA) is 46.2 Å². The van der Waals surface area contributed by atoms with Crippen molar-refractivity contribution in [2.24, 2.45) is 5.92 Å². The van der Waals surface area contributed by atoms with Crippen LogP contribution < -0.4 is 5.32 Å². The Labute approximate surface area is 112 Å². The molecule has 1 amide bonds. The van der Waals surface area contributed by atoms with Crippen LogP contribution in [0.15, 0.2) is 0 Å². The lowest BCUT2D eigenvalue weighted by Gasteiger charge is -2.18. The summed E-state index contributed by atoms with van der Waals surface area (Å²) in [6, 6.07) is -0.286. The minimum atomic E-state index is -0.286. The van der Waals surface area contributed by atoms with Crippen molar-refractivity contribution in [2.45, 2.75) is 78.7 Å². The van der Waals surface area contributed by atoms with Crippen LogP contribution in [0.4, 0.5) is 0 Å². The van der Waals surface area contributed by atoms with E-state index in [9.17, 15) is 9.59 Å². The van der Waals surface area contributed by atoms with Gasteiger partial charge in [0, 0.05) is 5.92 Å². The van der Waals surface area contributed by atoms with E-state index in [-0.39, 0.29) is 23.7 Å². The largest absolute Gasteiger partial charge is 0.346 e. The van der Waals surface area contributed by atoms with E-state index in [1.54, 1.807) is 6.92 Å². The second-order valence-electron chi connectivity index (χ2n) is 5.21. The van der Waals surface area contributed by atoms with E-state index in [1.165, 1.54) is 12.8 Å². The van der Waals surface area contributed by atoms with Crippen LogP contribution in [-0.2, 0) is 9.59 Å². The number of ketones is 1. The van der Waals surface area contributed by atoms with Gasteiger partial charge in [-0.15, -0.1) is 0 Å². The minimum Gasteiger partial charge on any atom is -0.346 e. The Balaban J connectivity index is 4.10. The molecule has 0 heterocycles. The SMILES string of the molecule is CCCCCC(C)C(=O)NC(CCCC)C(C)=O. The first kappa shape index (κ1) is 17.1. The molecule has 106 valence electrons. The molecule has 0 aromatic carbocycles. The number of carbonyl (C=O) groups excluding carboxylic acids is 2. The van der Waals surface area contributed by atoms with Crippen molar-refractivity contribution >= 4 is 11.7 Å². The number of hydrogen-bond donors (Lipinski definition) is 1. The Morgan fingerprint density at radius 3 is 2.11 bits per heavy atom. The molecular weight excluding hydrogens is 226 g/mol. The van der Waals surface area contributed by atoms with Gasteiger partial charge in [0.2, 0.25) is 5.91 Å². The van der Waals surface area contributed by atoms with E-state index in [0.717, 1.165) is 32.1 Å². The maximum Gasteiger partial charge on any atom is 0.223 e. The molecular formula is C15H29NO2. The van der Waals surface area contributed by atoms with Crippen molar-refractivity contribution < 1.29 is 9.59 Å². The zero-order chi connectivity index (χ0) is 14.0. The highest BCUT2D eigenvalue weighted by Gasteiger charge is 2.19. The van der Waals surface area contributed by atoms with Gasteiger partial charge in [0.1, 0.15) is 0 Å². The molecule has 0 aliphatic heterocycles. The van der Waals surface area contributed by atoms with Gasteiger partial charge < -0.3 is 5.32 Å². The van der Waals surface area contributed by atoms with E-state index in [4.69, 9.17) is 0 Å². The molecule has 0 radical (unpaired) electrons. The lowest BCUT2D eigenvalue weighted by molar-refractivity contribution is -0.129. The van der Waals surface area contributed by atoms with Crippen LogP contribution in [0.25, 0.3) is 0 Å². The fourth-order valence-corrected chi connectivity index (χ4v) is 1.93. The van der Waals surface area contributed by atoms with Crippen LogP contribution in [0, 0.1) is 5.92 Å². The monoisotopic (exact) mass is 255 g/mol. The van der Waals surface area contributed by atoms with Gasteiger partial charge in [-0.25, -0.2) is 0 Å². The third kappa shape index (κ3) is 7.46. The Morgan fingerprint density at radius 1 is 1.00 bits per heavy atom. The van der Waals surface area contributed by atoms with Gasteiger partial charge in [-0.05, 0) is 19.8 Å². The van der Waals surface area contributed by atoms with E-state index in [2.05, 4.69) is 19.2 Å². The van der Waals surface area contributed by atoms with Gasteiger partial charge >= 0.3 is 0 Å². The molecule has 2 atom stereocenters. The van der Waals surface area contributed by atoms with Crippen molar-refractivity contribution in [2.75, 3.05) is 0 Å². The normalized spacial score (nSPS) is 14.0. The molecule has 0 aliphatic rings. The highest BCUT2D eigenvalue weighted by atomic mass is 16.2. The summed E-state index contributed by atoms with van der Waals surface area (Å²) in [4.78, 5) is 23.4. The number of amides is 1. The highest BCUT2D eigenvalue weighted by molar-refractivity contribution is 5.88. The molecule has 18 heavy (non-hydrogen) atoms. The van der Waals surface area contributed by atoms with Gasteiger partial charge in [0.25, 0.3) is 0 Å². The van der Waals surface area contributed by atoms with Crippen molar-refractivity contribution in [3.63, 3.8) is 0 Å². The van der Waals surface area contributed by atoms with Gasteiger partial charge in [-0.3, -0.25) is 9.59 Å². The third-order valence-corrected chi connectivity index (χ3v) is 3.34. The summed E-state index contributed by atoms with van der Waals surface area (Å²) in [5.74, 6) is 0.111. The number of rotatable bonds is 10. The van der Waals surface area contributed by atoms with Crippen LogP contribution in [0.2, 0.25) is 0 Å². The molecule has 3 nitrogen and oxygen atoms in total. The molecule has 0 bridgehead atoms. The Hall–Kier alpha value is -0.860. The third-order valence-electron chi connectivity index (χ3n) is 3.34. The Morgan fingerprint density at radius 2 is 1.61 bits per heavy atom. The summed E-state index contributed by atoms with van der Waals surface area (Å²) in [5.41, 5.74) is 0. The van der Waals surface area contributed by atoms with Crippen LogP contribution in [-0.4, -0.2) is 17.7 Å². The van der Waals surface area contributed by atoms with Crippen molar-refractivity contribution in [1.82, 2.24) is 5.32 Å². The molecule has 0 saturated heterocycles. The van der Waals surface area contributed by atoms with Gasteiger partial charge in [0.05, 0.1) is 6.04 Å². The van der Waals surface area contributed by atoms with E-state index in [1.807, 2.05) is 6.92 Å². The van der Waals surface area contributed by atoms with Crippen LogP contribution in [0.5, 0.6) is 0 Å². The van der Waals surface area contributed by atoms with E-state index in [0.29, 0.717) is 0 Å². The standard InChI is InChI=1S/C15H29NO2/c1-5-7-9-10-12(3)15(18)16-14(13(4)17)11-8-6-2/h12,14H,5-11H2,1-4H3,(H,16,18). The zero-order valence-electron chi connectivity index (χ0n) is 12.4. The summed E-state index contributed by atoms with van der Waals surface area (Å²) >= 11 is 0. The van der Waals surface area contributed by atoms with Gasteiger partial charge in [-0.1, -0.05) is 52.9 Å². The Kier molecular flexibility index (Phi) is 9.62. The number of hydrogen-bond acceptors (Lipinski definition) is 2. The molecule has 0 spiro atoms. The van der Waals surface area contributed by atoms with Crippen molar-refractivity contribution in [1.29, 1.82) is 0 Å². The fraction of sp³-hybridized carbons (Fsp3) is 0.867. The van der Waals surface area contributed by atoms with Crippen LogP contribution >= 0.6 is 0 Å². The summed E-state index contributed by atoms with van der Waals surface area (Å²) in [6.45, 7) is 7.75. The maximum absolute atomic E-state index is 12.0. The first-order valence-corrected chi connectivity index (χ1v) is 7.33. The average Bonchev–Trinajstić information content (AvgIpc) is 2.33. The quantitative estimate of drug-likeness (QED) is 0.608. The second-order valence-corrected chi connectivity index (χ2v) is 5.21. The van der Waals surface area contributed by atoms with Crippen molar-refractivity contribution in [3.8, 4) is 0 Å². The predicted octanol–water partition coefficient (Wildman–Crippen LogP) is 3.47. The average molecular weight is 255 g/mol. The highest BCUT2D eigenvalue weighted by Crippen LogP contribution is 2.10. The number of carbonyl (C=O) groups is 2. The van der Waals surface area contributed by atoms with E-state index < -0.39 is 0 Å². The number of unbranched alkanes of at least 4 members (excludes halogenated alkanes) is 3. The molecule has 0 fully saturated rings. The summed E-state index contributed by atoms with van der Waals surface area (Å²) in [7, 11) is 0. The Bertz CT molecular complexity index is 251. The fourth-order valence-electron chi connectivity index (χ4n) is 1.93. The molecule has 0 aromatic rings. The van der Waals surface area contributed by atoms with Crippen LogP contribution in [0.1, 0.15) is 72.6 Å². The molecule has 0 aromatic heterocycles. The minimum absolute atomic E-state index is 0.0139. The summed E-state index contributed by atoms with van der Waals surface area (Å²) < 4.78 is 0. The van der Waals surface area contributed by atoms with Gasteiger partial charge in [-0.2, -0.15) is 0 Å². The molecule has 2 unspecified atom stereocenters. The van der Waals surface area contributed by atoms with E-state index >= 15 is 0 Å². The zero-order valence-corrected chi connectivity index (χ0v) is 12.4. The van der Waals surface area contributed by atoms with Crippen molar-refractivity contribution in [3.05, 3.63) is 0 Å². The lowest BCUT2D eigenvalue weighted by atomic mass is 10.0. The molecule has 0 rings (SSSR count). The first-order valence-electron chi connectivity index (χ1n) is 7.33. The number of nitrogens with one attached hydrogen (secondary N) is 1. The van der Waals surface area contributed by atoms with Gasteiger partial charge in [0.15, 0.2) is 5.78 Å². The molecule has 1 N–H and O–H groups in total. The maximum atomic E-state index is 12.0. The smallest absolute Gasteiger partial charge is 0.223 e.